The molecule has 0 fully saturated rings. The second kappa shape index (κ2) is 5.03. The van der Waals surface area contributed by atoms with E-state index in [4.69, 9.17) is 5.73 Å². The number of methoxy groups -OCH3 is 1. The number of ether oxygens (including phenoxy) is 1. The number of hydrogen-bond acceptors (Lipinski definition) is 2. The number of nitrogens with two attached hydrogens (primary N) is 1. The van der Waals surface area contributed by atoms with Crippen LogP contribution in [0.25, 0.3) is 6.08 Å². The van der Waals surface area contributed by atoms with Gasteiger partial charge < -0.3 is 10.5 Å². The van der Waals surface area contributed by atoms with Crippen LogP contribution in [0.2, 0.25) is 0 Å². The van der Waals surface area contributed by atoms with E-state index in [9.17, 15) is 13.2 Å². The van der Waals surface area contributed by atoms with Gasteiger partial charge in [0.05, 0.1) is 12.7 Å². The average Bonchev–Trinajstić information content (AvgIpc) is 2.24. The van der Waals surface area contributed by atoms with Gasteiger partial charge in [0.1, 0.15) is 5.75 Å². The summed E-state index contributed by atoms with van der Waals surface area (Å²) in [6, 6.07) is 3.87. The minimum atomic E-state index is -4.42. The molecule has 0 spiro atoms. The molecular weight excluding hydrogens is 219 g/mol. The van der Waals surface area contributed by atoms with Gasteiger partial charge in [0, 0.05) is 6.54 Å². The van der Waals surface area contributed by atoms with E-state index >= 15 is 0 Å². The molecule has 0 aromatic heterocycles. The maximum absolute atomic E-state index is 12.6. The summed E-state index contributed by atoms with van der Waals surface area (Å²) in [4.78, 5) is 0. The number of halogens is 3. The second-order valence-corrected chi connectivity index (χ2v) is 3.10. The summed E-state index contributed by atoms with van der Waals surface area (Å²) in [5.74, 6) is -0.183. The maximum atomic E-state index is 12.6. The van der Waals surface area contributed by atoms with E-state index in [0.29, 0.717) is 5.56 Å². The maximum Gasteiger partial charge on any atom is 0.419 e. The summed E-state index contributed by atoms with van der Waals surface area (Å²) < 4.78 is 42.5. The van der Waals surface area contributed by atoms with Crippen LogP contribution >= 0.6 is 0 Å². The highest BCUT2D eigenvalue weighted by atomic mass is 19.4. The first-order chi connectivity index (χ1) is 7.49. The van der Waals surface area contributed by atoms with Gasteiger partial charge in [-0.2, -0.15) is 13.2 Å². The lowest BCUT2D eigenvalue weighted by atomic mass is 10.1. The average molecular weight is 231 g/mol. The van der Waals surface area contributed by atoms with E-state index in [1.54, 1.807) is 12.1 Å². The molecule has 1 aromatic carbocycles. The van der Waals surface area contributed by atoms with Gasteiger partial charge in [-0.1, -0.05) is 18.2 Å². The molecule has 1 rings (SSSR count). The molecule has 0 saturated carbocycles. The predicted molar refractivity (Wildman–Crippen MR) is 56.1 cm³/mol. The molecular formula is C11H12F3NO. The van der Waals surface area contributed by atoms with Crippen LogP contribution in [0.3, 0.4) is 0 Å². The zero-order valence-electron chi connectivity index (χ0n) is 8.71. The molecule has 1 aromatic rings. The minimum absolute atomic E-state index is 0.183. The first-order valence-electron chi connectivity index (χ1n) is 4.61. The van der Waals surface area contributed by atoms with E-state index in [1.807, 2.05) is 0 Å². The van der Waals surface area contributed by atoms with E-state index in [-0.39, 0.29) is 12.3 Å². The van der Waals surface area contributed by atoms with Crippen molar-refractivity contribution in [3.05, 3.63) is 35.4 Å². The highest BCUT2D eigenvalue weighted by Gasteiger charge is 2.34. The summed E-state index contributed by atoms with van der Waals surface area (Å²) >= 11 is 0. The fourth-order valence-corrected chi connectivity index (χ4v) is 1.25. The smallest absolute Gasteiger partial charge is 0.419 e. The third-order valence-corrected chi connectivity index (χ3v) is 1.98. The molecule has 0 aliphatic rings. The summed E-state index contributed by atoms with van der Waals surface area (Å²) in [6.07, 6.45) is -1.30. The minimum Gasteiger partial charge on any atom is -0.496 e. The molecule has 0 bridgehead atoms. The van der Waals surface area contributed by atoms with Crippen molar-refractivity contribution in [1.82, 2.24) is 0 Å². The lowest BCUT2D eigenvalue weighted by Gasteiger charge is -2.12. The van der Waals surface area contributed by atoms with Gasteiger partial charge in [-0.15, -0.1) is 0 Å². The van der Waals surface area contributed by atoms with Gasteiger partial charge in [-0.3, -0.25) is 0 Å². The number of benzene rings is 1. The molecule has 0 aliphatic carbocycles. The van der Waals surface area contributed by atoms with Crippen molar-refractivity contribution >= 4 is 6.08 Å². The molecule has 2 N–H and O–H groups in total. The van der Waals surface area contributed by atoms with Crippen LogP contribution in [0.5, 0.6) is 5.75 Å². The Kier molecular flexibility index (Phi) is 3.95. The SMILES string of the molecule is COc1ccc(/C=C/CN)cc1C(F)(F)F. The first-order valence-corrected chi connectivity index (χ1v) is 4.61. The zero-order valence-corrected chi connectivity index (χ0v) is 8.71. The normalized spacial score (nSPS) is 12.1. The predicted octanol–water partition coefficient (Wildman–Crippen LogP) is 2.69. The standard InChI is InChI=1S/C11H12F3NO/c1-16-10-5-4-8(3-2-6-15)7-9(10)11(12,13)14/h2-5,7H,6,15H2,1H3/b3-2+. The summed E-state index contributed by atoms with van der Waals surface area (Å²) in [5.41, 5.74) is 4.88. The highest BCUT2D eigenvalue weighted by Crippen LogP contribution is 2.36. The van der Waals surface area contributed by atoms with E-state index < -0.39 is 11.7 Å². The monoisotopic (exact) mass is 231 g/mol. The molecule has 0 radical (unpaired) electrons. The molecule has 0 heterocycles. The summed E-state index contributed by atoms with van der Waals surface area (Å²) in [6.45, 7) is 0.285. The third kappa shape index (κ3) is 3.00. The highest BCUT2D eigenvalue weighted by molar-refractivity contribution is 5.54. The Morgan fingerprint density at radius 1 is 1.38 bits per heavy atom. The fourth-order valence-electron chi connectivity index (χ4n) is 1.25. The van der Waals surface area contributed by atoms with Crippen molar-refractivity contribution in [3.8, 4) is 5.75 Å². The molecule has 0 aliphatic heterocycles. The molecule has 88 valence electrons. The van der Waals surface area contributed by atoms with Gasteiger partial charge in [0.2, 0.25) is 0 Å². The zero-order chi connectivity index (χ0) is 12.2. The van der Waals surface area contributed by atoms with Crippen LogP contribution in [-0.4, -0.2) is 13.7 Å². The third-order valence-electron chi connectivity index (χ3n) is 1.98. The Labute approximate surface area is 91.5 Å². The number of hydrogen-bond donors (Lipinski definition) is 1. The fraction of sp³-hybridized carbons (Fsp3) is 0.273. The van der Waals surface area contributed by atoms with E-state index in [2.05, 4.69) is 4.74 Å². The van der Waals surface area contributed by atoms with Crippen molar-refractivity contribution < 1.29 is 17.9 Å². The molecule has 5 heteroatoms. The van der Waals surface area contributed by atoms with Crippen LogP contribution in [0.4, 0.5) is 13.2 Å². The largest absolute Gasteiger partial charge is 0.496 e. The van der Waals surface area contributed by atoms with Crippen molar-refractivity contribution in [1.29, 1.82) is 0 Å². The molecule has 16 heavy (non-hydrogen) atoms. The topological polar surface area (TPSA) is 35.2 Å². The van der Waals surface area contributed by atoms with Crippen LogP contribution in [-0.2, 0) is 6.18 Å². The summed E-state index contributed by atoms with van der Waals surface area (Å²) in [5, 5.41) is 0. The molecule has 0 atom stereocenters. The molecule has 0 saturated heterocycles. The Balaban J connectivity index is 3.16. The van der Waals surface area contributed by atoms with Crippen LogP contribution in [0.1, 0.15) is 11.1 Å². The first kappa shape index (κ1) is 12.6. The van der Waals surface area contributed by atoms with Crippen LogP contribution in [0, 0.1) is 0 Å². The van der Waals surface area contributed by atoms with Gasteiger partial charge >= 0.3 is 6.18 Å². The van der Waals surface area contributed by atoms with Crippen molar-refractivity contribution in [2.75, 3.05) is 13.7 Å². The molecule has 0 unspecified atom stereocenters. The van der Waals surface area contributed by atoms with Crippen molar-refractivity contribution in [3.63, 3.8) is 0 Å². The Bertz CT molecular complexity index is 385. The lowest BCUT2D eigenvalue weighted by molar-refractivity contribution is -0.138. The Morgan fingerprint density at radius 3 is 2.56 bits per heavy atom. The van der Waals surface area contributed by atoms with Gasteiger partial charge in [0.25, 0.3) is 0 Å². The molecule has 2 nitrogen and oxygen atoms in total. The second-order valence-electron chi connectivity index (χ2n) is 3.10. The van der Waals surface area contributed by atoms with E-state index in [0.717, 1.165) is 6.07 Å². The van der Waals surface area contributed by atoms with E-state index in [1.165, 1.54) is 19.3 Å². The van der Waals surface area contributed by atoms with Gasteiger partial charge in [0.15, 0.2) is 0 Å². The van der Waals surface area contributed by atoms with Crippen LogP contribution < -0.4 is 10.5 Å². The number of rotatable bonds is 3. The lowest BCUT2D eigenvalue weighted by Crippen LogP contribution is -2.07. The Hall–Kier alpha value is -1.49. The van der Waals surface area contributed by atoms with Crippen LogP contribution in [0.15, 0.2) is 24.3 Å². The van der Waals surface area contributed by atoms with Gasteiger partial charge in [-0.25, -0.2) is 0 Å². The summed E-state index contributed by atoms with van der Waals surface area (Å²) in [7, 11) is 1.21. The quantitative estimate of drug-likeness (QED) is 0.868. The number of alkyl halides is 3. The van der Waals surface area contributed by atoms with Gasteiger partial charge in [-0.05, 0) is 17.7 Å². The van der Waals surface area contributed by atoms with Crippen molar-refractivity contribution in [2.24, 2.45) is 5.73 Å². The molecule has 0 amide bonds. The van der Waals surface area contributed by atoms with Crippen molar-refractivity contribution in [2.45, 2.75) is 6.18 Å². The Morgan fingerprint density at radius 2 is 2.06 bits per heavy atom.